The average Bonchev–Trinajstić information content (AvgIpc) is 2.61. The number of benzene rings is 1. The SMILES string of the molecule is O=C1C(O)C1c1ccc(Cl)cc1Cl. The van der Waals surface area contributed by atoms with Crippen molar-refractivity contribution in [2.75, 3.05) is 0 Å². The molecule has 1 fully saturated rings. The first kappa shape index (κ1) is 9.00. The van der Waals surface area contributed by atoms with Gasteiger partial charge in [-0.25, -0.2) is 0 Å². The zero-order chi connectivity index (χ0) is 9.59. The van der Waals surface area contributed by atoms with E-state index >= 15 is 0 Å². The first-order valence-electron chi connectivity index (χ1n) is 3.78. The van der Waals surface area contributed by atoms with Gasteiger partial charge in [-0.15, -0.1) is 0 Å². The molecule has 0 aliphatic heterocycles. The van der Waals surface area contributed by atoms with Crippen molar-refractivity contribution in [1.29, 1.82) is 0 Å². The van der Waals surface area contributed by atoms with E-state index in [4.69, 9.17) is 28.3 Å². The second-order valence-electron chi connectivity index (χ2n) is 2.99. The van der Waals surface area contributed by atoms with Gasteiger partial charge in [0.2, 0.25) is 0 Å². The van der Waals surface area contributed by atoms with E-state index in [-0.39, 0.29) is 5.78 Å². The maximum Gasteiger partial charge on any atom is 0.172 e. The Morgan fingerprint density at radius 3 is 2.38 bits per heavy atom. The van der Waals surface area contributed by atoms with Crippen LogP contribution in [0.5, 0.6) is 0 Å². The molecule has 2 unspecified atom stereocenters. The van der Waals surface area contributed by atoms with Gasteiger partial charge < -0.3 is 5.11 Å². The van der Waals surface area contributed by atoms with Crippen LogP contribution >= 0.6 is 23.2 Å². The normalized spacial score (nSPS) is 26.2. The molecule has 2 rings (SSSR count). The van der Waals surface area contributed by atoms with E-state index < -0.39 is 12.0 Å². The fourth-order valence-electron chi connectivity index (χ4n) is 1.30. The van der Waals surface area contributed by atoms with Crippen molar-refractivity contribution in [3.05, 3.63) is 33.8 Å². The molecule has 0 bridgehead atoms. The van der Waals surface area contributed by atoms with Crippen LogP contribution in [0.2, 0.25) is 10.0 Å². The third-order valence-corrected chi connectivity index (χ3v) is 2.66. The van der Waals surface area contributed by atoms with Gasteiger partial charge in [0.15, 0.2) is 5.78 Å². The van der Waals surface area contributed by atoms with Gasteiger partial charge in [-0.3, -0.25) is 4.79 Å². The van der Waals surface area contributed by atoms with Gasteiger partial charge in [-0.1, -0.05) is 29.3 Å². The minimum atomic E-state index is -0.876. The smallest absolute Gasteiger partial charge is 0.172 e. The molecule has 4 heteroatoms. The molecule has 13 heavy (non-hydrogen) atoms. The molecule has 1 N–H and O–H groups in total. The van der Waals surface area contributed by atoms with E-state index in [9.17, 15) is 4.79 Å². The molecule has 1 aromatic carbocycles. The Morgan fingerprint density at radius 2 is 1.92 bits per heavy atom. The molecule has 0 amide bonds. The molecule has 1 saturated carbocycles. The third kappa shape index (κ3) is 1.46. The topological polar surface area (TPSA) is 37.3 Å². The average molecular weight is 217 g/mol. The fourth-order valence-corrected chi connectivity index (χ4v) is 1.83. The summed E-state index contributed by atoms with van der Waals surface area (Å²) < 4.78 is 0. The summed E-state index contributed by atoms with van der Waals surface area (Å²) in [5, 5.41) is 10.1. The van der Waals surface area contributed by atoms with Crippen LogP contribution in [0.3, 0.4) is 0 Å². The van der Waals surface area contributed by atoms with E-state index in [1.807, 2.05) is 0 Å². The molecule has 0 radical (unpaired) electrons. The Hall–Kier alpha value is -0.570. The largest absolute Gasteiger partial charge is 0.384 e. The minimum absolute atomic E-state index is 0.177. The number of Topliss-reactive ketones (excluding diaryl/α,β-unsaturated/α-hetero) is 1. The van der Waals surface area contributed by atoms with Crippen molar-refractivity contribution < 1.29 is 9.90 Å². The molecule has 0 saturated heterocycles. The number of ketones is 1. The lowest BCUT2D eigenvalue weighted by Crippen LogP contribution is -1.86. The number of hydrogen-bond acceptors (Lipinski definition) is 2. The molecule has 0 spiro atoms. The van der Waals surface area contributed by atoms with Gasteiger partial charge in [0.1, 0.15) is 6.10 Å². The number of carbonyl (C=O) groups excluding carboxylic acids is 1. The van der Waals surface area contributed by atoms with E-state index in [2.05, 4.69) is 0 Å². The molecular formula is C9H6Cl2O2. The molecule has 1 aromatic rings. The molecule has 2 atom stereocenters. The van der Waals surface area contributed by atoms with Gasteiger partial charge in [0, 0.05) is 10.0 Å². The molecule has 0 aromatic heterocycles. The first-order chi connectivity index (χ1) is 6.11. The standard InChI is InChI=1S/C9H6Cl2O2/c10-4-1-2-5(6(11)3-4)7-8(12)9(7)13/h1-3,7-8,12H. The summed E-state index contributed by atoms with van der Waals surface area (Å²) in [4.78, 5) is 10.9. The highest BCUT2D eigenvalue weighted by Gasteiger charge is 2.49. The predicted molar refractivity (Wildman–Crippen MR) is 50.2 cm³/mol. The lowest BCUT2D eigenvalue weighted by atomic mass is 10.1. The lowest BCUT2D eigenvalue weighted by molar-refractivity contribution is -0.112. The van der Waals surface area contributed by atoms with E-state index in [1.54, 1.807) is 18.2 Å². The lowest BCUT2D eigenvalue weighted by Gasteiger charge is -2.00. The van der Waals surface area contributed by atoms with Gasteiger partial charge in [0.25, 0.3) is 0 Å². The zero-order valence-corrected chi connectivity index (χ0v) is 8.01. The molecule has 68 valence electrons. The van der Waals surface area contributed by atoms with Crippen molar-refractivity contribution in [2.45, 2.75) is 12.0 Å². The Bertz CT molecular complexity index is 376. The van der Waals surface area contributed by atoms with Gasteiger partial charge in [-0.2, -0.15) is 0 Å². The maximum absolute atomic E-state index is 10.9. The summed E-state index contributed by atoms with van der Waals surface area (Å²) in [7, 11) is 0. The van der Waals surface area contributed by atoms with Gasteiger partial charge in [-0.05, 0) is 17.7 Å². The Kier molecular flexibility index (Phi) is 2.06. The number of aliphatic hydroxyl groups excluding tert-OH is 1. The van der Waals surface area contributed by atoms with Gasteiger partial charge >= 0.3 is 0 Å². The Labute approximate surface area is 85.1 Å². The Morgan fingerprint density at radius 1 is 1.31 bits per heavy atom. The van der Waals surface area contributed by atoms with Crippen LogP contribution in [0.25, 0.3) is 0 Å². The van der Waals surface area contributed by atoms with Crippen molar-refractivity contribution in [3.63, 3.8) is 0 Å². The predicted octanol–water partition coefficient (Wildman–Crippen LogP) is 2.02. The summed E-state index contributed by atoms with van der Waals surface area (Å²) in [6.07, 6.45) is -0.876. The second kappa shape index (κ2) is 2.98. The summed E-state index contributed by atoms with van der Waals surface area (Å²) in [6, 6.07) is 4.89. The quantitative estimate of drug-likeness (QED) is 0.781. The summed E-state index contributed by atoms with van der Waals surface area (Å²) in [5.41, 5.74) is 0.656. The third-order valence-electron chi connectivity index (χ3n) is 2.10. The maximum atomic E-state index is 10.9. The molecule has 1 aliphatic rings. The summed E-state index contributed by atoms with van der Waals surface area (Å²) in [5.74, 6) is -0.617. The highest BCUT2D eigenvalue weighted by molar-refractivity contribution is 6.35. The number of carbonyl (C=O) groups is 1. The van der Waals surface area contributed by atoms with Crippen molar-refractivity contribution in [1.82, 2.24) is 0 Å². The highest BCUT2D eigenvalue weighted by atomic mass is 35.5. The molecule has 0 heterocycles. The Balaban J connectivity index is 2.37. The fraction of sp³-hybridized carbons (Fsp3) is 0.222. The van der Waals surface area contributed by atoms with Crippen LogP contribution in [0, 0.1) is 0 Å². The van der Waals surface area contributed by atoms with Gasteiger partial charge in [0.05, 0.1) is 5.92 Å². The number of rotatable bonds is 1. The summed E-state index contributed by atoms with van der Waals surface area (Å²) >= 11 is 11.5. The molecule has 2 nitrogen and oxygen atoms in total. The van der Waals surface area contributed by atoms with Crippen molar-refractivity contribution in [2.24, 2.45) is 0 Å². The van der Waals surface area contributed by atoms with Crippen LogP contribution in [-0.4, -0.2) is 17.0 Å². The van der Waals surface area contributed by atoms with Crippen molar-refractivity contribution in [3.8, 4) is 0 Å². The number of hydrogen-bond donors (Lipinski definition) is 1. The number of halogens is 2. The monoisotopic (exact) mass is 216 g/mol. The number of aliphatic hydroxyl groups is 1. The van der Waals surface area contributed by atoms with E-state index in [0.29, 0.717) is 15.6 Å². The first-order valence-corrected chi connectivity index (χ1v) is 4.53. The molecular weight excluding hydrogens is 211 g/mol. The van der Waals surface area contributed by atoms with Crippen molar-refractivity contribution >= 4 is 29.0 Å². The van der Waals surface area contributed by atoms with Crippen LogP contribution in [0.1, 0.15) is 11.5 Å². The van der Waals surface area contributed by atoms with Crippen LogP contribution in [-0.2, 0) is 4.79 Å². The van der Waals surface area contributed by atoms with Crippen LogP contribution < -0.4 is 0 Å². The zero-order valence-electron chi connectivity index (χ0n) is 6.50. The minimum Gasteiger partial charge on any atom is -0.384 e. The second-order valence-corrected chi connectivity index (χ2v) is 3.83. The van der Waals surface area contributed by atoms with E-state index in [1.165, 1.54) is 0 Å². The highest BCUT2D eigenvalue weighted by Crippen LogP contribution is 2.40. The molecule has 1 aliphatic carbocycles. The van der Waals surface area contributed by atoms with E-state index in [0.717, 1.165) is 0 Å². The summed E-state index contributed by atoms with van der Waals surface area (Å²) in [6.45, 7) is 0. The van der Waals surface area contributed by atoms with Crippen LogP contribution in [0.4, 0.5) is 0 Å². The van der Waals surface area contributed by atoms with Crippen LogP contribution in [0.15, 0.2) is 18.2 Å².